The summed E-state index contributed by atoms with van der Waals surface area (Å²) in [5, 5.41) is 12.9. The highest BCUT2D eigenvalue weighted by Crippen LogP contribution is 2.31. The predicted octanol–water partition coefficient (Wildman–Crippen LogP) is 4.64. The van der Waals surface area contributed by atoms with Gasteiger partial charge >= 0.3 is 0 Å². The summed E-state index contributed by atoms with van der Waals surface area (Å²) in [6.07, 6.45) is 7.91. The number of anilines is 1. The standard InChI is InChI=1S/C17H24N2/c1-3-16(14-9-5-4-6-10-14)19-17-13(2)8-7-11-15(17)12-18/h7-8,11,14,16,19H,3-6,9-10H2,1-2H3. The zero-order valence-corrected chi connectivity index (χ0v) is 12.1. The molecule has 0 bridgehead atoms. The van der Waals surface area contributed by atoms with Crippen LogP contribution in [0.2, 0.25) is 0 Å². The van der Waals surface area contributed by atoms with Gasteiger partial charge in [0, 0.05) is 6.04 Å². The predicted molar refractivity (Wildman–Crippen MR) is 80.2 cm³/mol. The molecule has 1 aromatic rings. The summed E-state index contributed by atoms with van der Waals surface area (Å²) < 4.78 is 0. The number of hydrogen-bond acceptors (Lipinski definition) is 2. The molecule has 0 spiro atoms. The van der Waals surface area contributed by atoms with Crippen LogP contribution in [0.3, 0.4) is 0 Å². The Bertz CT molecular complexity index is 453. The first-order valence-electron chi connectivity index (χ1n) is 7.52. The second kappa shape index (κ2) is 6.61. The molecule has 2 rings (SSSR count). The Morgan fingerprint density at radius 2 is 2.05 bits per heavy atom. The van der Waals surface area contributed by atoms with Gasteiger partial charge in [-0.3, -0.25) is 0 Å². The smallest absolute Gasteiger partial charge is 0.101 e. The molecule has 1 aromatic carbocycles. The van der Waals surface area contributed by atoms with E-state index >= 15 is 0 Å². The van der Waals surface area contributed by atoms with E-state index in [2.05, 4.69) is 31.3 Å². The first-order chi connectivity index (χ1) is 9.26. The van der Waals surface area contributed by atoms with Crippen LogP contribution in [0, 0.1) is 24.2 Å². The van der Waals surface area contributed by atoms with Crippen molar-refractivity contribution in [1.29, 1.82) is 5.26 Å². The van der Waals surface area contributed by atoms with Crippen LogP contribution < -0.4 is 5.32 Å². The number of aryl methyl sites for hydroxylation is 1. The Kier molecular flexibility index (Phi) is 4.85. The van der Waals surface area contributed by atoms with Gasteiger partial charge in [0.05, 0.1) is 11.3 Å². The summed E-state index contributed by atoms with van der Waals surface area (Å²) in [6.45, 7) is 4.33. The van der Waals surface area contributed by atoms with Gasteiger partial charge in [0.15, 0.2) is 0 Å². The molecule has 19 heavy (non-hydrogen) atoms. The molecular formula is C17H24N2. The molecule has 1 unspecified atom stereocenters. The molecule has 0 aliphatic heterocycles. The zero-order valence-electron chi connectivity index (χ0n) is 12.1. The highest BCUT2D eigenvalue weighted by Gasteiger charge is 2.23. The molecule has 0 aromatic heterocycles. The SMILES string of the molecule is CCC(Nc1c(C)cccc1C#N)C1CCCCC1. The second-order valence-corrected chi connectivity index (χ2v) is 5.67. The number of para-hydroxylation sites is 1. The molecule has 1 saturated carbocycles. The van der Waals surface area contributed by atoms with Crippen LogP contribution in [0.4, 0.5) is 5.69 Å². The first-order valence-corrected chi connectivity index (χ1v) is 7.52. The lowest BCUT2D eigenvalue weighted by molar-refractivity contribution is 0.313. The van der Waals surface area contributed by atoms with E-state index in [1.165, 1.54) is 37.7 Å². The minimum atomic E-state index is 0.508. The highest BCUT2D eigenvalue weighted by molar-refractivity contribution is 5.62. The van der Waals surface area contributed by atoms with Crippen LogP contribution in [0.25, 0.3) is 0 Å². The van der Waals surface area contributed by atoms with Crippen molar-refractivity contribution in [3.63, 3.8) is 0 Å². The van der Waals surface area contributed by atoms with Crippen molar-refractivity contribution in [2.24, 2.45) is 5.92 Å². The first kappa shape index (κ1) is 13.9. The van der Waals surface area contributed by atoms with E-state index < -0.39 is 0 Å². The highest BCUT2D eigenvalue weighted by atomic mass is 14.9. The molecule has 0 amide bonds. The second-order valence-electron chi connectivity index (χ2n) is 5.67. The van der Waals surface area contributed by atoms with E-state index in [4.69, 9.17) is 0 Å². The Labute approximate surface area is 116 Å². The third kappa shape index (κ3) is 3.29. The fourth-order valence-electron chi connectivity index (χ4n) is 3.23. The number of nitriles is 1. The van der Waals surface area contributed by atoms with Gasteiger partial charge in [-0.1, -0.05) is 38.3 Å². The molecule has 2 nitrogen and oxygen atoms in total. The summed E-state index contributed by atoms with van der Waals surface area (Å²) in [6, 6.07) is 8.76. The fraction of sp³-hybridized carbons (Fsp3) is 0.588. The largest absolute Gasteiger partial charge is 0.381 e. The van der Waals surface area contributed by atoms with Crippen molar-refractivity contribution in [3.05, 3.63) is 29.3 Å². The van der Waals surface area contributed by atoms with Crippen LogP contribution in [0.15, 0.2) is 18.2 Å². The van der Waals surface area contributed by atoms with Gasteiger partial charge in [-0.15, -0.1) is 0 Å². The van der Waals surface area contributed by atoms with Gasteiger partial charge in [0.2, 0.25) is 0 Å². The maximum atomic E-state index is 9.25. The molecule has 1 aliphatic rings. The van der Waals surface area contributed by atoms with Crippen molar-refractivity contribution in [2.75, 3.05) is 5.32 Å². The summed E-state index contributed by atoms with van der Waals surface area (Å²) in [7, 11) is 0. The molecule has 1 atom stereocenters. The van der Waals surface area contributed by atoms with E-state index in [-0.39, 0.29) is 0 Å². The third-order valence-electron chi connectivity index (χ3n) is 4.38. The van der Waals surface area contributed by atoms with Crippen LogP contribution in [0.1, 0.15) is 56.6 Å². The third-order valence-corrected chi connectivity index (χ3v) is 4.38. The van der Waals surface area contributed by atoms with Crippen LogP contribution in [0.5, 0.6) is 0 Å². The van der Waals surface area contributed by atoms with Crippen LogP contribution in [-0.4, -0.2) is 6.04 Å². The van der Waals surface area contributed by atoms with Gasteiger partial charge in [0.25, 0.3) is 0 Å². The van der Waals surface area contributed by atoms with E-state index in [0.29, 0.717) is 6.04 Å². The average molecular weight is 256 g/mol. The van der Waals surface area contributed by atoms with E-state index in [9.17, 15) is 5.26 Å². The van der Waals surface area contributed by atoms with Crippen molar-refractivity contribution in [3.8, 4) is 6.07 Å². The Morgan fingerprint density at radius 1 is 1.32 bits per heavy atom. The molecule has 0 saturated heterocycles. The Morgan fingerprint density at radius 3 is 2.68 bits per heavy atom. The molecule has 0 radical (unpaired) electrons. The summed E-state index contributed by atoms with van der Waals surface area (Å²) in [5.41, 5.74) is 2.99. The number of nitrogens with one attached hydrogen (secondary N) is 1. The Hall–Kier alpha value is -1.49. The lowest BCUT2D eigenvalue weighted by Crippen LogP contribution is -2.30. The minimum absolute atomic E-state index is 0.508. The maximum Gasteiger partial charge on any atom is 0.101 e. The van der Waals surface area contributed by atoms with Gasteiger partial charge in [0.1, 0.15) is 6.07 Å². The zero-order chi connectivity index (χ0) is 13.7. The van der Waals surface area contributed by atoms with Gasteiger partial charge < -0.3 is 5.32 Å². The topological polar surface area (TPSA) is 35.8 Å². The molecular weight excluding hydrogens is 232 g/mol. The minimum Gasteiger partial charge on any atom is -0.381 e. The maximum absolute atomic E-state index is 9.25. The lowest BCUT2D eigenvalue weighted by Gasteiger charge is -2.31. The van der Waals surface area contributed by atoms with E-state index in [1.54, 1.807) is 0 Å². The van der Waals surface area contributed by atoms with Gasteiger partial charge in [-0.2, -0.15) is 5.26 Å². The monoisotopic (exact) mass is 256 g/mol. The average Bonchev–Trinajstić information content (AvgIpc) is 2.46. The van der Waals surface area contributed by atoms with Crippen molar-refractivity contribution < 1.29 is 0 Å². The van der Waals surface area contributed by atoms with Crippen molar-refractivity contribution >= 4 is 5.69 Å². The number of hydrogen-bond donors (Lipinski definition) is 1. The van der Waals surface area contributed by atoms with E-state index in [0.717, 1.165) is 23.6 Å². The van der Waals surface area contributed by atoms with E-state index in [1.807, 2.05) is 12.1 Å². The molecule has 0 heterocycles. The Balaban J connectivity index is 2.16. The van der Waals surface area contributed by atoms with Crippen molar-refractivity contribution in [1.82, 2.24) is 0 Å². The lowest BCUT2D eigenvalue weighted by atomic mass is 9.82. The van der Waals surface area contributed by atoms with Crippen LogP contribution in [-0.2, 0) is 0 Å². The van der Waals surface area contributed by atoms with Crippen LogP contribution >= 0.6 is 0 Å². The summed E-state index contributed by atoms with van der Waals surface area (Å²) in [4.78, 5) is 0. The molecule has 102 valence electrons. The molecule has 1 N–H and O–H groups in total. The van der Waals surface area contributed by atoms with Crippen molar-refractivity contribution in [2.45, 2.75) is 58.4 Å². The summed E-state index contributed by atoms with van der Waals surface area (Å²) in [5.74, 6) is 0.768. The van der Waals surface area contributed by atoms with Gasteiger partial charge in [-0.25, -0.2) is 0 Å². The molecule has 2 heteroatoms. The molecule has 1 aliphatic carbocycles. The molecule has 1 fully saturated rings. The normalized spacial score (nSPS) is 17.7. The van der Waals surface area contributed by atoms with Gasteiger partial charge in [-0.05, 0) is 43.7 Å². The fourth-order valence-corrected chi connectivity index (χ4v) is 3.23. The quantitative estimate of drug-likeness (QED) is 0.852. The number of nitrogens with zero attached hydrogens (tertiary/aromatic N) is 1. The number of rotatable bonds is 4. The number of benzene rings is 1. The summed E-state index contributed by atoms with van der Waals surface area (Å²) >= 11 is 0.